The maximum Gasteiger partial charge on any atom is 0.251 e. The van der Waals surface area contributed by atoms with E-state index in [0.717, 1.165) is 38.6 Å². The van der Waals surface area contributed by atoms with E-state index in [4.69, 9.17) is 9.72 Å². The molecule has 0 radical (unpaired) electrons. The number of fused-ring (bicyclic) bond motifs is 3. The molecule has 4 rings (SSSR count). The molecule has 1 amide bonds. The number of carbonyl (C=O) groups is 1. The summed E-state index contributed by atoms with van der Waals surface area (Å²) in [6.45, 7) is 7.64. The monoisotopic (exact) mass is 407 g/mol. The lowest BCUT2D eigenvalue weighted by Crippen LogP contribution is -2.25. The van der Waals surface area contributed by atoms with Gasteiger partial charge in [-0.1, -0.05) is 25.2 Å². The van der Waals surface area contributed by atoms with Crippen molar-refractivity contribution in [2.45, 2.75) is 27.2 Å². The van der Waals surface area contributed by atoms with Crippen LogP contribution in [-0.4, -0.2) is 28.4 Å². The maximum atomic E-state index is 12.4. The number of hydrogen-bond acceptors (Lipinski definition) is 4. The molecular weight excluding hydrogens is 382 g/mol. The number of amides is 1. The highest BCUT2D eigenvalue weighted by atomic mass is 32.1. The SMILES string of the molecule is CCOc1ccc(-c2cn3c(n2)sc2cc(C(=O)NCCC(C)C)ccc23)cc1. The summed E-state index contributed by atoms with van der Waals surface area (Å²) in [5, 5.41) is 3.00. The van der Waals surface area contributed by atoms with Gasteiger partial charge in [0.2, 0.25) is 0 Å². The van der Waals surface area contributed by atoms with Gasteiger partial charge in [0.1, 0.15) is 5.75 Å². The second-order valence-corrected chi connectivity index (χ2v) is 8.47. The average molecular weight is 408 g/mol. The molecule has 0 fully saturated rings. The minimum atomic E-state index is -0.0198. The molecule has 4 aromatic rings. The first-order valence-electron chi connectivity index (χ1n) is 9.98. The van der Waals surface area contributed by atoms with E-state index in [9.17, 15) is 4.79 Å². The number of ether oxygens (including phenoxy) is 1. The van der Waals surface area contributed by atoms with Crippen molar-refractivity contribution < 1.29 is 9.53 Å². The first-order valence-corrected chi connectivity index (χ1v) is 10.8. The van der Waals surface area contributed by atoms with Crippen molar-refractivity contribution >= 4 is 32.4 Å². The molecule has 0 aliphatic rings. The molecule has 1 N–H and O–H groups in total. The number of nitrogens with one attached hydrogen (secondary N) is 1. The molecule has 0 saturated heterocycles. The van der Waals surface area contributed by atoms with E-state index in [0.29, 0.717) is 24.6 Å². The number of imidazole rings is 1. The summed E-state index contributed by atoms with van der Waals surface area (Å²) in [7, 11) is 0. The second kappa shape index (κ2) is 8.25. The number of rotatable bonds is 7. The average Bonchev–Trinajstić information content (AvgIpc) is 3.26. The molecule has 0 spiro atoms. The fourth-order valence-electron chi connectivity index (χ4n) is 3.25. The largest absolute Gasteiger partial charge is 0.494 e. The van der Waals surface area contributed by atoms with Crippen LogP contribution in [0, 0.1) is 5.92 Å². The zero-order valence-electron chi connectivity index (χ0n) is 16.9. The van der Waals surface area contributed by atoms with Crippen molar-refractivity contribution in [2.75, 3.05) is 13.2 Å². The summed E-state index contributed by atoms with van der Waals surface area (Å²) in [6, 6.07) is 13.8. The highest BCUT2D eigenvalue weighted by Gasteiger charge is 2.13. The smallest absolute Gasteiger partial charge is 0.251 e. The van der Waals surface area contributed by atoms with Gasteiger partial charge in [0, 0.05) is 23.9 Å². The van der Waals surface area contributed by atoms with Gasteiger partial charge in [0.15, 0.2) is 4.96 Å². The molecule has 0 unspecified atom stereocenters. The van der Waals surface area contributed by atoms with Crippen LogP contribution in [0.2, 0.25) is 0 Å². The van der Waals surface area contributed by atoms with Crippen LogP contribution in [0.3, 0.4) is 0 Å². The van der Waals surface area contributed by atoms with E-state index in [1.165, 1.54) is 0 Å². The third-order valence-corrected chi connectivity index (χ3v) is 5.84. The quantitative estimate of drug-likeness (QED) is 0.447. The van der Waals surface area contributed by atoms with E-state index < -0.39 is 0 Å². The third-order valence-electron chi connectivity index (χ3n) is 4.82. The predicted octanol–water partition coefficient (Wildman–Crippen LogP) is 5.39. The molecule has 2 aromatic carbocycles. The van der Waals surface area contributed by atoms with Crippen LogP contribution in [0.4, 0.5) is 0 Å². The van der Waals surface area contributed by atoms with Crippen LogP contribution in [0.25, 0.3) is 26.4 Å². The Balaban J connectivity index is 1.58. The Kier molecular flexibility index (Phi) is 5.53. The number of thiazole rings is 1. The molecular formula is C23H25N3O2S. The molecule has 0 aliphatic carbocycles. The van der Waals surface area contributed by atoms with E-state index in [2.05, 4.69) is 23.6 Å². The van der Waals surface area contributed by atoms with Gasteiger partial charge >= 0.3 is 0 Å². The van der Waals surface area contributed by atoms with Crippen LogP contribution in [-0.2, 0) is 0 Å². The zero-order valence-corrected chi connectivity index (χ0v) is 17.8. The minimum Gasteiger partial charge on any atom is -0.494 e. The normalized spacial score (nSPS) is 11.4. The molecule has 5 nitrogen and oxygen atoms in total. The van der Waals surface area contributed by atoms with Gasteiger partial charge in [-0.3, -0.25) is 9.20 Å². The van der Waals surface area contributed by atoms with Crippen LogP contribution in [0.15, 0.2) is 48.7 Å². The van der Waals surface area contributed by atoms with Crippen LogP contribution < -0.4 is 10.1 Å². The topological polar surface area (TPSA) is 55.6 Å². The molecule has 2 heterocycles. The van der Waals surface area contributed by atoms with Crippen molar-refractivity contribution in [3.63, 3.8) is 0 Å². The van der Waals surface area contributed by atoms with Gasteiger partial charge in [-0.25, -0.2) is 4.98 Å². The van der Waals surface area contributed by atoms with Gasteiger partial charge < -0.3 is 10.1 Å². The van der Waals surface area contributed by atoms with Crippen molar-refractivity contribution in [2.24, 2.45) is 5.92 Å². The lowest BCUT2D eigenvalue weighted by molar-refractivity contribution is 0.0952. The van der Waals surface area contributed by atoms with Gasteiger partial charge in [0.05, 0.1) is 22.5 Å². The minimum absolute atomic E-state index is 0.0198. The molecule has 150 valence electrons. The molecule has 0 bridgehead atoms. The van der Waals surface area contributed by atoms with Crippen LogP contribution >= 0.6 is 11.3 Å². The number of aromatic nitrogens is 2. The number of carbonyl (C=O) groups excluding carboxylic acids is 1. The fourth-order valence-corrected chi connectivity index (χ4v) is 4.29. The van der Waals surface area contributed by atoms with Crippen molar-refractivity contribution in [3.05, 3.63) is 54.2 Å². The lowest BCUT2D eigenvalue weighted by Gasteiger charge is -2.07. The number of benzene rings is 2. The molecule has 0 atom stereocenters. The Morgan fingerprint density at radius 3 is 2.72 bits per heavy atom. The van der Waals surface area contributed by atoms with Crippen molar-refractivity contribution in [3.8, 4) is 17.0 Å². The highest BCUT2D eigenvalue weighted by molar-refractivity contribution is 7.23. The number of nitrogens with zero attached hydrogens (tertiary/aromatic N) is 2. The predicted molar refractivity (Wildman–Crippen MR) is 119 cm³/mol. The van der Waals surface area contributed by atoms with E-state index in [1.807, 2.05) is 55.6 Å². The Bertz CT molecular complexity index is 1140. The van der Waals surface area contributed by atoms with Crippen LogP contribution in [0.5, 0.6) is 5.75 Å². The van der Waals surface area contributed by atoms with E-state index in [1.54, 1.807) is 11.3 Å². The van der Waals surface area contributed by atoms with Gasteiger partial charge in [-0.05, 0) is 61.7 Å². The standard InChI is InChI=1S/C23H25N3O2S/c1-4-28-18-8-5-16(6-9-18)19-14-26-20-10-7-17(13-21(20)29-23(26)25-19)22(27)24-12-11-15(2)3/h5-10,13-15H,4,11-12H2,1-3H3,(H,24,27). The zero-order chi connectivity index (χ0) is 20.4. The molecule has 29 heavy (non-hydrogen) atoms. The van der Waals surface area contributed by atoms with E-state index in [-0.39, 0.29) is 5.91 Å². The Morgan fingerprint density at radius 2 is 2.00 bits per heavy atom. The molecule has 0 saturated carbocycles. The third kappa shape index (κ3) is 4.12. The summed E-state index contributed by atoms with van der Waals surface area (Å²) >= 11 is 1.60. The Hall–Kier alpha value is -2.86. The fraction of sp³-hybridized carbons (Fsp3) is 0.304. The first-order chi connectivity index (χ1) is 14.0. The summed E-state index contributed by atoms with van der Waals surface area (Å²) in [5.74, 6) is 1.42. The summed E-state index contributed by atoms with van der Waals surface area (Å²) in [4.78, 5) is 18.1. The van der Waals surface area contributed by atoms with Gasteiger partial charge in [-0.2, -0.15) is 0 Å². The molecule has 6 heteroatoms. The van der Waals surface area contributed by atoms with Crippen molar-refractivity contribution in [1.29, 1.82) is 0 Å². The Morgan fingerprint density at radius 1 is 1.21 bits per heavy atom. The Labute approximate surface area is 174 Å². The number of hydrogen-bond donors (Lipinski definition) is 1. The first kappa shape index (κ1) is 19.5. The van der Waals surface area contributed by atoms with Crippen LogP contribution in [0.1, 0.15) is 37.6 Å². The van der Waals surface area contributed by atoms with Gasteiger partial charge in [0.25, 0.3) is 5.91 Å². The summed E-state index contributed by atoms with van der Waals surface area (Å²) in [5.41, 5.74) is 3.74. The van der Waals surface area contributed by atoms with E-state index >= 15 is 0 Å². The molecule has 2 aromatic heterocycles. The van der Waals surface area contributed by atoms with Crippen molar-refractivity contribution in [1.82, 2.24) is 14.7 Å². The van der Waals surface area contributed by atoms with Gasteiger partial charge in [-0.15, -0.1) is 0 Å². The maximum absolute atomic E-state index is 12.4. The second-order valence-electron chi connectivity index (χ2n) is 7.46. The highest BCUT2D eigenvalue weighted by Crippen LogP contribution is 2.30. The summed E-state index contributed by atoms with van der Waals surface area (Å²) in [6.07, 6.45) is 3.03. The summed E-state index contributed by atoms with van der Waals surface area (Å²) < 4.78 is 8.66. The molecule has 0 aliphatic heterocycles. The lowest BCUT2D eigenvalue weighted by atomic mass is 10.1.